The van der Waals surface area contributed by atoms with Crippen molar-refractivity contribution in [2.45, 2.75) is 12.5 Å². The van der Waals surface area contributed by atoms with Crippen molar-refractivity contribution in [2.24, 2.45) is 0 Å². The number of aliphatic hydroxyl groups excluding tert-OH is 1. The van der Waals surface area contributed by atoms with Gasteiger partial charge in [0, 0.05) is 6.20 Å². The first-order chi connectivity index (χ1) is 8.75. The summed E-state index contributed by atoms with van der Waals surface area (Å²) in [5, 5.41) is 12.5. The summed E-state index contributed by atoms with van der Waals surface area (Å²) < 4.78 is 0. The normalized spacial score (nSPS) is 11.8. The van der Waals surface area contributed by atoms with Crippen molar-refractivity contribution in [1.82, 2.24) is 4.98 Å². The highest BCUT2D eigenvalue weighted by atomic mass is 16.3. The molecular weight excluding hydrogens is 228 g/mol. The molecule has 2 N–H and O–H groups in total. The van der Waals surface area contributed by atoms with Crippen LogP contribution in [0.4, 0.5) is 5.82 Å². The van der Waals surface area contributed by atoms with E-state index in [1.165, 1.54) is 0 Å². The number of pyridine rings is 1. The number of carbonyl (C=O) groups is 1. The highest BCUT2D eigenvalue weighted by Gasteiger charge is 2.12. The van der Waals surface area contributed by atoms with E-state index in [9.17, 15) is 9.90 Å². The Morgan fingerprint density at radius 2 is 1.89 bits per heavy atom. The van der Waals surface area contributed by atoms with E-state index in [2.05, 4.69) is 10.3 Å². The molecule has 0 aliphatic rings. The monoisotopic (exact) mass is 242 g/mol. The number of nitrogens with one attached hydrogen (secondary N) is 1. The fourth-order valence-corrected chi connectivity index (χ4v) is 1.60. The van der Waals surface area contributed by atoms with Gasteiger partial charge in [-0.3, -0.25) is 4.79 Å². The Labute approximate surface area is 105 Å². The molecule has 18 heavy (non-hydrogen) atoms. The van der Waals surface area contributed by atoms with Gasteiger partial charge in [-0.2, -0.15) is 0 Å². The third-order valence-electron chi connectivity index (χ3n) is 2.50. The van der Waals surface area contributed by atoms with Crippen LogP contribution >= 0.6 is 0 Å². The summed E-state index contributed by atoms with van der Waals surface area (Å²) >= 11 is 0. The van der Waals surface area contributed by atoms with Crippen molar-refractivity contribution >= 4 is 11.7 Å². The predicted molar refractivity (Wildman–Crippen MR) is 68.9 cm³/mol. The van der Waals surface area contributed by atoms with Crippen LogP contribution in [0.2, 0.25) is 0 Å². The average molecular weight is 242 g/mol. The maximum atomic E-state index is 11.7. The highest BCUT2D eigenvalue weighted by molar-refractivity contribution is 5.90. The fraction of sp³-hybridized carbons (Fsp3) is 0.143. The lowest BCUT2D eigenvalue weighted by Crippen LogP contribution is -2.16. The van der Waals surface area contributed by atoms with Crippen LogP contribution < -0.4 is 5.32 Å². The van der Waals surface area contributed by atoms with E-state index in [1.807, 2.05) is 18.2 Å². The summed E-state index contributed by atoms with van der Waals surface area (Å²) in [6.45, 7) is 0. The van der Waals surface area contributed by atoms with Gasteiger partial charge in [0.15, 0.2) is 0 Å². The minimum atomic E-state index is -0.796. The molecule has 0 bridgehead atoms. The number of amides is 1. The second-order valence-corrected chi connectivity index (χ2v) is 3.89. The van der Waals surface area contributed by atoms with E-state index >= 15 is 0 Å². The summed E-state index contributed by atoms with van der Waals surface area (Å²) in [4.78, 5) is 15.7. The molecule has 1 atom stereocenters. The minimum absolute atomic E-state index is 0.0145. The van der Waals surface area contributed by atoms with E-state index < -0.39 is 6.10 Å². The van der Waals surface area contributed by atoms with Crippen LogP contribution in [-0.2, 0) is 4.79 Å². The van der Waals surface area contributed by atoms with Crippen molar-refractivity contribution in [3.63, 3.8) is 0 Å². The first-order valence-electron chi connectivity index (χ1n) is 5.69. The van der Waals surface area contributed by atoms with Gasteiger partial charge >= 0.3 is 0 Å². The Bertz CT molecular complexity index is 500. The lowest BCUT2D eigenvalue weighted by molar-refractivity contribution is -0.118. The maximum Gasteiger partial charge on any atom is 0.228 e. The number of carbonyl (C=O) groups excluding carboxylic acids is 1. The van der Waals surface area contributed by atoms with E-state index in [4.69, 9.17) is 0 Å². The van der Waals surface area contributed by atoms with E-state index in [0.717, 1.165) is 5.56 Å². The van der Waals surface area contributed by atoms with Gasteiger partial charge in [0.1, 0.15) is 5.82 Å². The molecule has 1 heterocycles. The highest BCUT2D eigenvalue weighted by Crippen LogP contribution is 2.16. The van der Waals surface area contributed by atoms with Crippen LogP contribution in [0.3, 0.4) is 0 Å². The first-order valence-corrected chi connectivity index (χ1v) is 5.69. The third kappa shape index (κ3) is 3.40. The zero-order valence-electron chi connectivity index (χ0n) is 9.78. The molecule has 0 aliphatic heterocycles. The average Bonchev–Trinajstić information content (AvgIpc) is 2.40. The molecule has 2 aromatic rings. The number of aliphatic hydroxyl groups is 1. The molecule has 0 fully saturated rings. The number of rotatable bonds is 4. The lowest BCUT2D eigenvalue weighted by Gasteiger charge is -2.10. The van der Waals surface area contributed by atoms with Crippen LogP contribution in [0.25, 0.3) is 0 Å². The van der Waals surface area contributed by atoms with Crippen molar-refractivity contribution in [3.05, 3.63) is 60.3 Å². The first kappa shape index (κ1) is 12.3. The topological polar surface area (TPSA) is 62.2 Å². The molecule has 0 unspecified atom stereocenters. The molecule has 0 spiro atoms. The number of aromatic nitrogens is 1. The Hall–Kier alpha value is -2.20. The summed E-state index contributed by atoms with van der Waals surface area (Å²) in [5.74, 6) is 0.229. The smallest absolute Gasteiger partial charge is 0.228 e. The van der Waals surface area contributed by atoms with Crippen molar-refractivity contribution in [2.75, 3.05) is 5.32 Å². The Morgan fingerprint density at radius 3 is 2.56 bits per heavy atom. The van der Waals surface area contributed by atoms with E-state index in [1.54, 1.807) is 36.5 Å². The molecule has 0 saturated carbocycles. The number of anilines is 1. The van der Waals surface area contributed by atoms with Crippen molar-refractivity contribution < 1.29 is 9.90 Å². The summed E-state index contributed by atoms with van der Waals surface area (Å²) in [5.41, 5.74) is 0.730. The van der Waals surface area contributed by atoms with Gasteiger partial charge in [-0.15, -0.1) is 0 Å². The molecular formula is C14H14N2O2. The molecule has 0 aliphatic carbocycles. The minimum Gasteiger partial charge on any atom is -0.388 e. The molecule has 2 rings (SSSR count). The van der Waals surface area contributed by atoms with Crippen LogP contribution in [-0.4, -0.2) is 16.0 Å². The van der Waals surface area contributed by atoms with Gasteiger partial charge in [0.05, 0.1) is 12.5 Å². The number of hydrogen-bond acceptors (Lipinski definition) is 3. The van der Waals surface area contributed by atoms with Crippen LogP contribution in [0.1, 0.15) is 18.1 Å². The molecule has 0 radical (unpaired) electrons. The molecule has 1 aromatic carbocycles. The number of nitrogens with zero attached hydrogens (tertiary/aromatic N) is 1. The van der Waals surface area contributed by atoms with Crippen LogP contribution in [0.15, 0.2) is 54.7 Å². The standard InChI is InChI=1S/C14H14N2O2/c17-12(11-6-2-1-3-7-11)10-14(18)16-13-8-4-5-9-15-13/h1-9,12,17H,10H2,(H,15,16,18)/t12-/m0/s1. The number of hydrogen-bond donors (Lipinski definition) is 2. The molecule has 0 saturated heterocycles. The molecule has 4 nitrogen and oxygen atoms in total. The quantitative estimate of drug-likeness (QED) is 0.863. The lowest BCUT2D eigenvalue weighted by atomic mass is 10.1. The van der Waals surface area contributed by atoms with Gasteiger partial charge in [0.25, 0.3) is 0 Å². The van der Waals surface area contributed by atoms with Gasteiger partial charge in [0.2, 0.25) is 5.91 Å². The molecule has 4 heteroatoms. The predicted octanol–water partition coefficient (Wildman–Crippen LogP) is 2.14. The van der Waals surface area contributed by atoms with E-state index in [-0.39, 0.29) is 12.3 Å². The SMILES string of the molecule is O=C(C[C@H](O)c1ccccc1)Nc1ccccn1. The maximum absolute atomic E-state index is 11.7. The second kappa shape index (κ2) is 5.93. The second-order valence-electron chi connectivity index (χ2n) is 3.89. The summed E-state index contributed by atoms with van der Waals surface area (Å²) in [6, 6.07) is 14.4. The van der Waals surface area contributed by atoms with Gasteiger partial charge in [-0.25, -0.2) is 4.98 Å². The zero-order chi connectivity index (χ0) is 12.8. The van der Waals surface area contributed by atoms with Gasteiger partial charge < -0.3 is 10.4 Å². The van der Waals surface area contributed by atoms with Crippen LogP contribution in [0.5, 0.6) is 0 Å². The van der Waals surface area contributed by atoms with Gasteiger partial charge in [-0.05, 0) is 17.7 Å². The van der Waals surface area contributed by atoms with E-state index in [0.29, 0.717) is 5.82 Å². The Morgan fingerprint density at radius 1 is 1.17 bits per heavy atom. The van der Waals surface area contributed by atoms with Crippen molar-refractivity contribution in [1.29, 1.82) is 0 Å². The zero-order valence-corrected chi connectivity index (χ0v) is 9.78. The molecule has 92 valence electrons. The largest absolute Gasteiger partial charge is 0.388 e. The Balaban J connectivity index is 1.92. The third-order valence-corrected chi connectivity index (χ3v) is 2.50. The number of benzene rings is 1. The summed E-state index contributed by atoms with van der Waals surface area (Å²) in [6.07, 6.45) is 0.819. The van der Waals surface area contributed by atoms with Crippen LogP contribution in [0, 0.1) is 0 Å². The fourth-order valence-electron chi connectivity index (χ4n) is 1.60. The summed E-state index contributed by atoms with van der Waals surface area (Å²) in [7, 11) is 0. The van der Waals surface area contributed by atoms with Crippen molar-refractivity contribution in [3.8, 4) is 0 Å². The van der Waals surface area contributed by atoms with Gasteiger partial charge in [-0.1, -0.05) is 36.4 Å². The molecule has 1 aromatic heterocycles. The molecule has 1 amide bonds. The Kier molecular flexibility index (Phi) is 4.04.